The number of fused-ring (bicyclic) bond motifs is 1. The number of hydrogen-bond donors (Lipinski definition) is 1. The molecule has 0 aliphatic carbocycles. The van der Waals surface area contributed by atoms with Crippen LogP contribution in [0.2, 0.25) is 0 Å². The minimum absolute atomic E-state index is 0.177. The second-order valence-electron chi connectivity index (χ2n) is 9.85. The lowest BCUT2D eigenvalue weighted by molar-refractivity contribution is 0.102. The Morgan fingerprint density at radius 1 is 0.875 bits per heavy atom. The molecule has 0 spiro atoms. The van der Waals surface area contributed by atoms with Crippen LogP contribution in [-0.4, -0.2) is 43.1 Å². The predicted molar refractivity (Wildman–Crippen MR) is 161 cm³/mol. The lowest BCUT2D eigenvalue weighted by atomic mass is 10.0. The van der Waals surface area contributed by atoms with E-state index in [1.165, 1.54) is 5.56 Å². The van der Waals surface area contributed by atoms with Gasteiger partial charge in [0.25, 0.3) is 5.91 Å². The summed E-state index contributed by atoms with van der Waals surface area (Å²) in [4.78, 5) is 20.5. The molecule has 0 aliphatic rings. The zero-order chi connectivity index (χ0) is 27.9. The van der Waals surface area contributed by atoms with Gasteiger partial charge < -0.3 is 14.8 Å². The van der Waals surface area contributed by atoms with Crippen molar-refractivity contribution in [3.05, 3.63) is 120 Å². The SMILES string of the molecule is COc1ccc(CN(C)CCOc2ccc(NC(=O)c3cc(-c4ccccc4)nc4ccc(C)cc34)cc2)cc1. The highest BCUT2D eigenvalue weighted by molar-refractivity contribution is 6.13. The van der Waals surface area contributed by atoms with Crippen LogP contribution in [0.5, 0.6) is 11.5 Å². The van der Waals surface area contributed by atoms with Crippen LogP contribution in [0.15, 0.2) is 103 Å². The zero-order valence-corrected chi connectivity index (χ0v) is 23.1. The Bertz CT molecular complexity index is 1580. The van der Waals surface area contributed by atoms with Gasteiger partial charge in [0.2, 0.25) is 0 Å². The van der Waals surface area contributed by atoms with Crippen molar-refractivity contribution >= 4 is 22.5 Å². The number of methoxy groups -OCH3 is 1. The Morgan fingerprint density at radius 3 is 2.33 bits per heavy atom. The molecule has 6 nitrogen and oxygen atoms in total. The number of likely N-dealkylation sites (N-methyl/N-ethyl adjacent to an activating group) is 1. The molecule has 202 valence electrons. The molecule has 1 N–H and O–H groups in total. The van der Waals surface area contributed by atoms with Crippen LogP contribution < -0.4 is 14.8 Å². The largest absolute Gasteiger partial charge is 0.497 e. The number of carbonyl (C=O) groups excluding carboxylic acids is 1. The van der Waals surface area contributed by atoms with Crippen molar-refractivity contribution in [1.29, 1.82) is 0 Å². The first-order valence-corrected chi connectivity index (χ1v) is 13.3. The second-order valence-corrected chi connectivity index (χ2v) is 9.85. The van der Waals surface area contributed by atoms with Crippen LogP contribution in [0.3, 0.4) is 0 Å². The summed E-state index contributed by atoms with van der Waals surface area (Å²) in [6, 6.07) is 33.3. The molecule has 1 heterocycles. The average Bonchev–Trinajstić information content (AvgIpc) is 2.98. The average molecular weight is 532 g/mol. The van der Waals surface area contributed by atoms with E-state index >= 15 is 0 Å². The van der Waals surface area contributed by atoms with Crippen LogP contribution in [0.1, 0.15) is 21.5 Å². The number of ether oxygens (including phenoxy) is 2. The maximum Gasteiger partial charge on any atom is 0.256 e. The Balaban J connectivity index is 1.22. The molecule has 5 aromatic rings. The van der Waals surface area contributed by atoms with Crippen molar-refractivity contribution in [3.63, 3.8) is 0 Å². The highest BCUT2D eigenvalue weighted by Crippen LogP contribution is 2.27. The van der Waals surface area contributed by atoms with Gasteiger partial charge in [-0.1, -0.05) is 54.1 Å². The fourth-order valence-corrected chi connectivity index (χ4v) is 4.56. The number of amides is 1. The summed E-state index contributed by atoms with van der Waals surface area (Å²) >= 11 is 0. The van der Waals surface area contributed by atoms with Crippen LogP contribution in [0.4, 0.5) is 5.69 Å². The molecule has 5 rings (SSSR count). The molecule has 0 radical (unpaired) electrons. The zero-order valence-electron chi connectivity index (χ0n) is 23.1. The Morgan fingerprint density at radius 2 is 1.60 bits per heavy atom. The van der Waals surface area contributed by atoms with E-state index in [0.717, 1.165) is 52.3 Å². The molecule has 4 aromatic carbocycles. The van der Waals surface area contributed by atoms with Crippen LogP contribution in [0.25, 0.3) is 22.2 Å². The normalized spacial score (nSPS) is 11.0. The minimum atomic E-state index is -0.177. The highest BCUT2D eigenvalue weighted by Gasteiger charge is 2.15. The van der Waals surface area contributed by atoms with Crippen molar-refractivity contribution in [2.24, 2.45) is 0 Å². The summed E-state index contributed by atoms with van der Waals surface area (Å²) in [5, 5.41) is 3.88. The van der Waals surface area contributed by atoms with Crippen LogP contribution >= 0.6 is 0 Å². The Hall–Kier alpha value is -4.68. The van der Waals surface area contributed by atoms with E-state index < -0.39 is 0 Å². The molecule has 0 unspecified atom stereocenters. The lowest BCUT2D eigenvalue weighted by Crippen LogP contribution is -2.23. The summed E-state index contributed by atoms with van der Waals surface area (Å²) in [6.45, 7) is 4.18. The maximum absolute atomic E-state index is 13.5. The number of anilines is 1. The van der Waals surface area contributed by atoms with Crippen molar-refractivity contribution in [3.8, 4) is 22.8 Å². The quantitative estimate of drug-likeness (QED) is 0.211. The van der Waals surface area contributed by atoms with Gasteiger partial charge in [0.1, 0.15) is 18.1 Å². The molecule has 6 heteroatoms. The summed E-state index contributed by atoms with van der Waals surface area (Å²) in [5.74, 6) is 1.44. The van der Waals surface area contributed by atoms with Gasteiger partial charge in [-0.05, 0) is 74.1 Å². The summed E-state index contributed by atoms with van der Waals surface area (Å²) in [5.41, 5.74) is 6.11. The summed E-state index contributed by atoms with van der Waals surface area (Å²) in [7, 11) is 3.74. The van der Waals surface area contributed by atoms with Gasteiger partial charge in [-0.25, -0.2) is 4.98 Å². The second kappa shape index (κ2) is 12.5. The first kappa shape index (κ1) is 26.9. The van der Waals surface area contributed by atoms with E-state index in [0.29, 0.717) is 17.9 Å². The topological polar surface area (TPSA) is 63.7 Å². The Kier molecular flexibility index (Phi) is 8.38. The van der Waals surface area contributed by atoms with Crippen molar-refractivity contribution < 1.29 is 14.3 Å². The standard InChI is InChI=1S/C34H33N3O3/c1-24-9-18-32-30(21-24)31(22-33(36-32)26-7-5-4-6-8-26)34(38)35-27-12-16-29(17-13-27)40-20-19-37(2)23-25-10-14-28(39-3)15-11-25/h4-18,21-22H,19-20,23H2,1-3H3,(H,35,38). The van der Waals surface area contributed by atoms with Crippen molar-refractivity contribution in [2.75, 3.05) is 32.6 Å². The monoisotopic (exact) mass is 531 g/mol. The molecule has 1 amide bonds. The fraction of sp³-hybridized carbons (Fsp3) is 0.176. The van der Waals surface area contributed by atoms with Gasteiger partial charge >= 0.3 is 0 Å². The number of rotatable bonds is 10. The van der Waals surface area contributed by atoms with Crippen molar-refractivity contribution in [1.82, 2.24) is 9.88 Å². The predicted octanol–water partition coefficient (Wildman–Crippen LogP) is 6.98. The first-order valence-electron chi connectivity index (χ1n) is 13.3. The molecule has 0 bridgehead atoms. The van der Waals surface area contributed by atoms with Crippen LogP contribution in [-0.2, 0) is 6.54 Å². The number of pyridine rings is 1. The van der Waals surface area contributed by atoms with E-state index in [4.69, 9.17) is 14.5 Å². The van der Waals surface area contributed by atoms with E-state index in [1.54, 1.807) is 7.11 Å². The van der Waals surface area contributed by atoms with Gasteiger partial charge in [0.05, 0.1) is 23.9 Å². The Labute approximate surface area is 235 Å². The third-order valence-corrected chi connectivity index (χ3v) is 6.74. The molecule has 1 aromatic heterocycles. The number of aryl methyl sites for hydroxylation is 1. The number of benzene rings is 4. The number of aromatic nitrogens is 1. The summed E-state index contributed by atoms with van der Waals surface area (Å²) < 4.78 is 11.2. The number of nitrogens with one attached hydrogen (secondary N) is 1. The van der Waals surface area contributed by atoms with Gasteiger partial charge in [-0.3, -0.25) is 9.69 Å². The highest BCUT2D eigenvalue weighted by atomic mass is 16.5. The van der Waals surface area contributed by atoms with Gasteiger partial charge in [0, 0.05) is 29.7 Å². The fourth-order valence-electron chi connectivity index (χ4n) is 4.56. The van der Waals surface area contributed by atoms with E-state index in [2.05, 4.69) is 29.4 Å². The minimum Gasteiger partial charge on any atom is -0.497 e. The maximum atomic E-state index is 13.5. The van der Waals surface area contributed by atoms with Crippen molar-refractivity contribution in [2.45, 2.75) is 13.5 Å². The number of nitrogens with zero attached hydrogens (tertiary/aromatic N) is 2. The third-order valence-electron chi connectivity index (χ3n) is 6.74. The lowest BCUT2D eigenvalue weighted by Gasteiger charge is -2.17. The first-order chi connectivity index (χ1) is 19.5. The van der Waals surface area contributed by atoms with E-state index in [-0.39, 0.29) is 5.91 Å². The molecule has 0 saturated heterocycles. The molecular weight excluding hydrogens is 498 g/mol. The number of carbonyl (C=O) groups is 1. The smallest absolute Gasteiger partial charge is 0.256 e. The van der Waals surface area contributed by atoms with E-state index in [1.807, 2.05) is 97.9 Å². The van der Waals surface area contributed by atoms with Gasteiger partial charge in [0.15, 0.2) is 0 Å². The molecule has 40 heavy (non-hydrogen) atoms. The van der Waals surface area contributed by atoms with Crippen LogP contribution in [0, 0.1) is 6.92 Å². The van der Waals surface area contributed by atoms with Gasteiger partial charge in [-0.2, -0.15) is 0 Å². The summed E-state index contributed by atoms with van der Waals surface area (Å²) in [6.07, 6.45) is 0. The molecule has 0 aliphatic heterocycles. The molecule has 0 saturated carbocycles. The van der Waals surface area contributed by atoms with Gasteiger partial charge in [-0.15, -0.1) is 0 Å². The molecule has 0 fully saturated rings. The molecule has 0 atom stereocenters. The van der Waals surface area contributed by atoms with E-state index in [9.17, 15) is 4.79 Å². The molecular formula is C34H33N3O3. The number of hydrogen-bond acceptors (Lipinski definition) is 5. The third kappa shape index (κ3) is 6.65.